The van der Waals surface area contributed by atoms with Crippen molar-refractivity contribution in [3.8, 4) is 0 Å². The number of nitrogens with zero attached hydrogens (tertiary/aromatic N) is 1. The van der Waals surface area contributed by atoms with E-state index in [4.69, 9.17) is 11.5 Å². The van der Waals surface area contributed by atoms with Gasteiger partial charge in [-0.3, -0.25) is 9.69 Å². The largest absolute Gasteiger partial charge is 0.399 e. The van der Waals surface area contributed by atoms with Gasteiger partial charge in [-0.25, -0.2) is 0 Å². The SMILES string of the molecule is CC(C)N(CCC(N)=O)Cc1ccc(N)cc1. The van der Waals surface area contributed by atoms with Gasteiger partial charge in [-0.1, -0.05) is 12.1 Å². The lowest BCUT2D eigenvalue weighted by atomic mass is 10.1. The summed E-state index contributed by atoms with van der Waals surface area (Å²) in [6.45, 7) is 5.72. The number of primary amides is 1. The topological polar surface area (TPSA) is 72.3 Å². The van der Waals surface area contributed by atoms with Crippen LogP contribution in [0.5, 0.6) is 0 Å². The number of benzene rings is 1. The molecule has 0 spiro atoms. The summed E-state index contributed by atoms with van der Waals surface area (Å²) in [7, 11) is 0. The summed E-state index contributed by atoms with van der Waals surface area (Å²) >= 11 is 0. The van der Waals surface area contributed by atoms with Crippen molar-refractivity contribution in [1.29, 1.82) is 0 Å². The van der Waals surface area contributed by atoms with Crippen LogP contribution in [0.2, 0.25) is 0 Å². The molecule has 94 valence electrons. The van der Waals surface area contributed by atoms with Gasteiger partial charge in [-0.15, -0.1) is 0 Å². The summed E-state index contributed by atoms with van der Waals surface area (Å²) in [5.41, 5.74) is 12.8. The molecule has 0 aliphatic heterocycles. The summed E-state index contributed by atoms with van der Waals surface area (Å²) in [5, 5.41) is 0. The van der Waals surface area contributed by atoms with Crippen molar-refractivity contribution in [1.82, 2.24) is 4.90 Å². The number of carbonyl (C=O) groups is 1. The van der Waals surface area contributed by atoms with Gasteiger partial charge in [0.1, 0.15) is 0 Å². The molecular formula is C13H21N3O. The molecule has 0 heterocycles. The van der Waals surface area contributed by atoms with Crippen LogP contribution in [0.1, 0.15) is 25.8 Å². The summed E-state index contributed by atoms with van der Waals surface area (Å²) in [4.78, 5) is 13.0. The first-order valence-electron chi connectivity index (χ1n) is 5.86. The highest BCUT2D eigenvalue weighted by atomic mass is 16.1. The van der Waals surface area contributed by atoms with Crippen LogP contribution in [-0.2, 0) is 11.3 Å². The molecule has 0 aliphatic carbocycles. The van der Waals surface area contributed by atoms with E-state index in [1.807, 2.05) is 24.3 Å². The Hall–Kier alpha value is -1.55. The lowest BCUT2D eigenvalue weighted by Crippen LogP contribution is -2.33. The van der Waals surface area contributed by atoms with Crippen LogP contribution in [-0.4, -0.2) is 23.4 Å². The van der Waals surface area contributed by atoms with E-state index in [0.717, 1.165) is 12.2 Å². The van der Waals surface area contributed by atoms with E-state index < -0.39 is 0 Å². The number of hydrogen-bond acceptors (Lipinski definition) is 3. The van der Waals surface area contributed by atoms with E-state index in [2.05, 4.69) is 18.7 Å². The molecule has 0 radical (unpaired) electrons. The van der Waals surface area contributed by atoms with Crippen molar-refractivity contribution in [3.05, 3.63) is 29.8 Å². The summed E-state index contributed by atoms with van der Waals surface area (Å²) in [6.07, 6.45) is 0.396. The minimum absolute atomic E-state index is 0.257. The minimum atomic E-state index is -0.257. The van der Waals surface area contributed by atoms with E-state index in [-0.39, 0.29) is 5.91 Å². The Bertz CT molecular complexity index is 359. The van der Waals surface area contributed by atoms with Crippen molar-refractivity contribution in [2.45, 2.75) is 32.9 Å². The number of nitrogens with two attached hydrogens (primary N) is 2. The Morgan fingerprint density at radius 1 is 1.29 bits per heavy atom. The van der Waals surface area contributed by atoms with Crippen LogP contribution >= 0.6 is 0 Å². The molecule has 1 rings (SSSR count). The van der Waals surface area contributed by atoms with E-state index in [0.29, 0.717) is 19.0 Å². The maximum absolute atomic E-state index is 10.8. The molecule has 0 aromatic heterocycles. The van der Waals surface area contributed by atoms with Crippen LogP contribution in [0.25, 0.3) is 0 Å². The number of carbonyl (C=O) groups excluding carboxylic acids is 1. The molecular weight excluding hydrogens is 214 g/mol. The molecule has 0 unspecified atom stereocenters. The fourth-order valence-electron chi connectivity index (χ4n) is 1.63. The van der Waals surface area contributed by atoms with Crippen molar-refractivity contribution < 1.29 is 4.79 Å². The minimum Gasteiger partial charge on any atom is -0.399 e. The second-order valence-electron chi connectivity index (χ2n) is 4.52. The Morgan fingerprint density at radius 2 is 1.88 bits per heavy atom. The van der Waals surface area contributed by atoms with Crippen LogP contribution < -0.4 is 11.5 Å². The highest BCUT2D eigenvalue weighted by Gasteiger charge is 2.11. The van der Waals surface area contributed by atoms with Gasteiger partial charge in [0.25, 0.3) is 0 Å². The smallest absolute Gasteiger partial charge is 0.218 e. The van der Waals surface area contributed by atoms with Gasteiger partial charge in [0.05, 0.1) is 0 Å². The molecule has 0 saturated heterocycles. The maximum Gasteiger partial charge on any atom is 0.218 e. The molecule has 0 aliphatic rings. The lowest BCUT2D eigenvalue weighted by Gasteiger charge is -2.26. The molecule has 17 heavy (non-hydrogen) atoms. The van der Waals surface area contributed by atoms with Gasteiger partial charge < -0.3 is 11.5 Å². The monoisotopic (exact) mass is 235 g/mol. The van der Waals surface area contributed by atoms with Crippen molar-refractivity contribution in [2.24, 2.45) is 5.73 Å². The van der Waals surface area contributed by atoms with Crippen molar-refractivity contribution in [3.63, 3.8) is 0 Å². The number of nitrogen functional groups attached to an aromatic ring is 1. The third-order valence-corrected chi connectivity index (χ3v) is 2.74. The quantitative estimate of drug-likeness (QED) is 0.731. The molecule has 1 aromatic rings. The first kappa shape index (κ1) is 13.5. The normalized spacial score (nSPS) is 11.1. The molecule has 0 saturated carbocycles. The van der Waals surface area contributed by atoms with E-state index in [9.17, 15) is 4.79 Å². The van der Waals surface area contributed by atoms with Crippen LogP contribution in [0, 0.1) is 0 Å². The molecule has 1 aromatic carbocycles. The zero-order chi connectivity index (χ0) is 12.8. The number of amides is 1. The zero-order valence-corrected chi connectivity index (χ0v) is 10.5. The van der Waals surface area contributed by atoms with Gasteiger partial charge in [-0.05, 0) is 31.5 Å². The van der Waals surface area contributed by atoms with Crippen LogP contribution in [0.3, 0.4) is 0 Å². The summed E-state index contributed by atoms with van der Waals surface area (Å²) in [5.74, 6) is -0.257. The van der Waals surface area contributed by atoms with Crippen LogP contribution in [0.4, 0.5) is 5.69 Å². The molecule has 0 atom stereocenters. The molecule has 4 N–H and O–H groups in total. The molecule has 1 amide bonds. The standard InChI is InChI=1S/C13H21N3O/c1-10(2)16(8-7-13(15)17)9-11-3-5-12(14)6-4-11/h3-6,10H,7-9,14H2,1-2H3,(H2,15,17). The second kappa shape index (κ2) is 6.25. The van der Waals surface area contributed by atoms with Gasteiger partial charge >= 0.3 is 0 Å². The highest BCUT2D eigenvalue weighted by Crippen LogP contribution is 2.11. The highest BCUT2D eigenvalue weighted by molar-refractivity contribution is 5.73. The fraction of sp³-hybridized carbons (Fsp3) is 0.462. The van der Waals surface area contributed by atoms with Crippen LogP contribution in [0.15, 0.2) is 24.3 Å². The predicted molar refractivity (Wildman–Crippen MR) is 70.2 cm³/mol. The number of hydrogen-bond donors (Lipinski definition) is 2. The van der Waals surface area contributed by atoms with Gasteiger partial charge in [-0.2, -0.15) is 0 Å². The van der Waals surface area contributed by atoms with E-state index in [1.54, 1.807) is 0 Å². The molecule has 0 fully saturated rings. The number of rotatable bonds is 6. The third kappa shape index (κ3) is 4.87. The lowest BCUT2D eigenvalue weighted by molar-refractivity contribution is -0.118. The van der Waals surface area contributed by atoms with Gasteiger partial charge in [0.2, 0.25) is 5.91 Å². The predicted octanol–water partition coefficient (Wildman–Crippen LogP) is 1.35. The fourth-order valence-corrected chi connectivity index (χ4v) is 1.63. The third-order valence-electron chi connectivity index (χ3n) is 2.74. The zero-order valence-electron chi connectivity index (χ0n) is 10.5. The molecule has 4 nitrogen and oxygen atoms in total. The molecule has 4 heteroatoms. The summed E-state index contributed by atoms with van der Waals surface area (Å²) in [6, 6.07) is 8.18. The van der Waals surface area contributed by atoms with Crippen molar-refractivity contribution >= 4 is 11.6 Å². The van der Waals surface area contributed by atoms with Gasteiger partial charge in [0, 0.05) is 31.2 Å². The maximum atomic E-state index is 10.8. The van der Waals surface area contributed by atoms with Gasteiger partial charge in [0.15, 0.2) is 0 Å². The average Bonchev–Trinajstić information content (AvgIpc) is 2.26. The first-order valence-corrected chi connectivity index (χ1v) is 5.86. The molecule has 0 bridgehead atoms. The Labute approximate surface area is 103 Å². The summed E-state index contributed by atoms with van der Waals surface area (Å²) < 4.78 is 0. The average molecular weight is 235 g/mol. The Kier molecular flexibility index (Phi) is 4.97. The van der Waals surface area contributed by atoms with E-state index in [1.165, 1.54) is 5.56 Å². The second-order valence-corrected chi connectivity index (χ2v) is 4.52. The van der Waals surface area contributed by atoms with Crippen molar-refractivity contribution in [2.75, 3.05) is 12.3 Å². The Morgan fingerprint density at radius 3 is 2.35 bits per heavy atom. The number of anilines is 1. The Balaban J connectivity index is 2.60. The van der Waals surface area contributed by atoms with E-state index >= 15 is 0 Å². The first-order chi connectivity index (χ1) is 7.99.